The fourth-order valence-corrected chi connectivity index (χ4v) is 2.56. The van der Waals surface area contributed by atoms with Crippen molar-refractivity contribution in [3.8, 4) is 0 Å². The molecule has 0 radical (unpaired) electrons. The molecular formula is C18H18BrNO2. The number of benzene rings is 1. The number of esters is 1. The summed E-state index contributed by atoms with van der Waals surface area (Å²) in [5, 5.41) is 0. The normalized spacial score (nSPS) is 11.7. The molecule has 22 heavy (non-hydrogen) atoms. The van der Waals surface area contributed by atoms with E-state index in [2.05, 4.69) is 27.5 Å². The van der Waals surface area contributed by atoms with Crippen LogP contribution >= 0.6 is 15.9 Å². The Bertz CT molecular complexity index is 638. The lowest BCUT2D eigenvalue weighted by Crippen LogP contribution is -2.14. The summed E-state index contributed by atoms with van der Waals surface area (Å²) in [4.78, 5) is 16.1. The topological polar surface area (TPSA) is 39.2 Å². The van der Waals surface area contributed by atoms with Gasteiger partial charge in [0, 0.05) is 16.9 Å². The van der Waals surface area contributed by atoms with E-state index < -0.39 is 0 Å². The molecule has 3 nitrogen and oxygen atoms in total. The van der Waals surface area contributed by atoms with Crippen molar-refractivity contribution in [1.82, 2.24) is 4.98 Å². The largest absolute Gasteiger partial charge is 0.469 e. The summed E-state index contributed by atoms with van der Waals surface area (Å²) in [6.45, 7) is 4.12. The van der Waals surface area contributed by atoms with Crippen LogP contribution in [0.2, 0.25) is 0 Å². The van der Waals surface area contributed by atoms with Gasteiger partial charge in [-0.25, -0.2) is 0 Å². The molecule has 4 heteroatoms. The molecule has 114 valence electrons. The zero-order valence-corrected chi connectivity index (χ0v) is 14.0. The van der Waals surface area contributed by atoms with Crippen LogP contribution in [-0.2, 0) is 9.53 Å². The van der Waals surface area contributed by atoms with E-state index in [1.54, 1.807) is 12.4 Å². The van der Waals surface area contributed by atoms with Crippen LogP contribution in [0.3, 0.4) is 0 Å². The number of halogens is 1. The number of ether oxygens (including phenoxy) is 1. The smallest absolute Gasteiger partial charge is 0.313 e. The molecule has 0 bridgehead atoms. The van der Waals surface area contributed by atoms with Crippen LogP contribution in [0.5, 0.6) is 0 Å². The average molecular weight is 360 g/mol. The Morgan fingerprint density at radius 1 is 1.32 bits per heavy atom. The van der Waals surface area contributed by atoms with Gasteiger partial charge in [-0.2, -0.15) is 0 Å². The fraction of sp³-hybridized carbons (Fsp3) is 0.222. The number of allylic oxidation sites excluding steroid dienone is 1. The Morgan fingerprint density at radius 3 is 2.64 bits per heavy atom. The van der Waals surface area contributed by atoms with E-state index in [1.165, 1.54) is 7.11 Å². The standard InChI is InChI=1S/C18H18BrNO2/c1-13(14-6-8-16(19)9-7-14)5-10-17(18(21)22-2)15-4-3-11-20-12-15/h3-4,6-9,11-12,17H,1,5,10H2,2H3. The van der Waals surface area contributed by atoms with Gasteiger partial charge in [0.25, 0.3) is 0 Å². The molecule has 2 aromatic rings. The summed E-state index contributed by atoms with van der Waals surface area (Å²) in [6.07, 6.45) is 4.77. The molecule has 0 amide bonds. The first kappa shape index (κ1) is 16.4. The van der Waals surface area contributed by atoms with E-state index in [9.17, 15) is 4.79 Å². The SMILES string of the molecule is C=C(CCC(C(=O)OC)c1cccnc1)c1ccc(Br)cc1. The highest BCUT2D eigenvalue weighted by Gasteiger charge is 2.21. The fourth-order valence-electron chi connectivity index (χ4n) is 2.29. The maximum absolute atomic E-state index is 12.0. The third-order valence-electron chi connectivity index (χ3n) is 3.56. The Morgan fingerprint density at radius 2 is 2.05 bits per heavy atom. The molecule has 0 aliphatic carbocycles. The number of hydrogen-bond donors (Lipinski definition) is 0. The minimum Gasteiger partial charge on any atom is -0.469 e. The molecular weight excluding hydrogens is 342 g/mol. The Hall–Kier alpha value is -1.94. The predicted octanol–water partition coefficient (Wildman–Crippen LogP) is 4.59. The van der Waals surface area contributed by atoms with Gasteiger partial charge in [0.1, 0.15) is 0 Å². The second kappa shape index (κ2) is 7.90. The number of carbonyl (C=O) groups is 1. The van der Waals surface area contributed by atoms with Crippen LogP contribution in [0.25, 0.3) is 5.57 Å². The highest BCUT2D eigenvalue weighted by atomic mass is 79.9. The lowest BCUT2D eigenvalue weighted by atomic mass is 9.92. The van der Waals surface area contributed by atoms with E-state index in [0.29, 0.717) is 6.42 Å². The van der Waals surface area contributed by atoms with E-state index in [0.717, 1.165) is 27.6 Å². The molecule has 0 fully saturated rings. The zero-order chi connectivity index (χ0) is 15.9. The van der Waals surface area contributed by atoms with Crippen molar-refractivity contribution >= 4 is 27.5 Å². The second-order valence-electron chi connectivity index (χ2n) is 5.01. The van der Waals surface area contributed by atoms with Crippen LogP contribution in [0.4, 0.5) is 0 Å². The van der Waals surface area contributed by atoms with Crippen molar-refractivity contribution in [2.45, 2.75) is 18.8 Å². The maximum atomic E-state index is 12.0. The lowest BCUT2D eigenvalue weighted by molar-refractivity contribution is -0.142. The first-order valence-corrected chi connectivity index (χ1v) is 7.82. The van der Waals surface area contributed by atoms with Gasteiger partial charge in [-0.3, -0.25) is 9.78 Å². The molecule has 0 aliphatic heterocycles. The van der Waals surface area contributed by atoms with Crippen LogP contribution < -0.4 is 0 Å². The van der Waals surface area contributed by atoms with Crippen molar-refractivity contribution in [3.63, 3.8) is 0 Å². The van der Waals surface area contributed by atoms with Crippen LogP contribution in [0, 0.1) is 0 Å². The highest BCUT2D eigenvalue weighted by Crippen LogP contribution is 2.27. The number of hydrogen-bond acceptors (Lipinski definition) is 3. The van der Waals surface area contributed by atoms with Crippen LogP contribution in [0.1, 0.15) is 29.9 Å². The summed E-state index contributed by atoms with van der Waals surface area (Å²) in [5.74, 6) is -0.553. The number of pyridine rings is 1. The molecule has 0 saturated heterocycles. The minimum atomic E-state index is -0.314. The highest BCUT2D eigenvalue weighted by molar-refractivity contribution is 9.10. The van der Waals surface area contributed by atoms with Crippen molar-refractivity contribution in [1.29, 1.82) is 0 Å². The van der Waals surface area contributed by atoms with Crippen molar-refractivity contribution in [3.05, 3.63) is 71.0 Å². The van der Waals surface area contributed by atoms with Crippen LogP contribution in [-0.4, -0.2) is 18.1 Å². The van der Waals surface area contributed by atoms with Gasteiger partial charge >= 0.3 is 5.97 Å². The summed E-state index contributed by atoms with van der Waals surface area (Å²) in [6, 6.07) is 11.7. The van der Waals surface area contributed by atoms with Gasteiger partial charge < -0.3 is 4.74 Å². The molecule has 0 aliphatic rings. The van der Waals surface area contributed by atoms with Gasteiger partial charge in [0.05, 0.1) is 13.0 Å². The van der Waals surface area contributed by atoms with E-state index >= 15 is 0 Å². The zero-order valence-electron chi connectivity index (χ0n) is 12.5. The monoisotopic (exact) mass is 359 g/mol. The quantitative estimate of drug-likeness (QED) is 0.707. The molecule has 1 aromatic carbocycles. The van der Waals surface area contributed by atoms with E-state index in [-0.39, 0.29) is 11.9 Å². The second-order valence-corrected chi connectivity index (χ2v) is 5.93. The number of nitrogens with zero attached hydrogens (tertiary/aromatic N) is 1. The molecule has 2 rings (SSSR count). The van der Waals surface area contributed by atoms with Crippen molar-refractivity contribution < 1.29 is 9.53 Å². The molecule has 0 N–H and O–H groups in total. The lowest BCUT2D eigenvalue weighted by Gasteiger charge is -2.15. The number of aromatic nitrogens is 1. The number of rotatable bonds is 6. The predicted molar refractivity (Wildman–Crippen MR) is 91.4 cm³/mol. The van der Waals surface area contributed by atoms with Crippen LogP contribution in [0.15, 0.2) is 59.8 Å². The summed E-state index contributed by atoms with van der Waals surface area (Å²) >= 11 is 3.42. The van der Waals surface area contributed by atoms with Gasteiger partial charge in [-0.1, -0.05) is 40.7 Å². The Kier molecular flexibility index (Phi) is 5.90. The van der Waals surface area contributed by atoms with E-state index in [4.69, 9.17) is 4.74 Å². The first-order valence-electron chi connectivity index (χ1n) is 7.03. The van der Waals surface area contributed by atoms with Gasteiger partial charge in [0.15, 0.2) is 0 Å². The molecule has 0 saturated carbocycles. The number of carbonyl (C=O) groups excluding carboxylic acids is 1. The molecule has 1 atom stereocenters. The van der Waals surface area contributed by atoms with E-state index in [1.807, 2.05) is 36.4 Å². The Labute approximate surface area is 139 Å². The molecule has 1 unspecified atom stereocenters. The average Bonchev–Trinajstić information content (AvgIpc) is 2.56. The maximum Gasteiger partial charge on any atom is 0.313 e. The Balaban J connectivity index is 2.07. The molecule has 1 heterocycles. The van der Waals surface area contributed by atoms with Gasteiger partial charge in [-0.05, 0) is 47.7 Å². The third-order valence-corrected chi connectivity index (χ3v) is 4.09. The van der Waals surface area contributed by atoms with Crippen molar-refractivity contribution in [2.75, 3.05) is 7.11 Å². The molecule has 0 spiro atoms. The van der Waals surface area contributed by atoms with Gasteiger partial charge in [-0.15, -0.1) is 0 Å². The number of methoxy groups -OCH3 is 1. The summed E-state index contributed by atoms with van der Waals surface area (Å²) in [7, 11) is 1.41. The minimum absolute atomic E-state index is 0.239. The van der Waals surface area contributed by atoms with Crippen molar-refractivity contribution in [2.24, 2.45) is 0 Å². The first-order chi connectivity index (χ1) is 10.6. The summed E-state index contributed by atoms with van der Waals surface area (Å²) < 4.78 is 5.95. The van der Waals surface area contributed by atoms with Gasteiger partial charge in [0.2, 0.25) is 0 Å². The molecule has 1 aromatic heterocycles. The summed E-state index contributed by atoms with van der Waals surface area (Å²) in [5.41, 5.74) is 2.96. The third kappa shape index (κ3) is 4.28.